The predicted octanol–water partition coefficient (Wildman–Crippen LogP) is 4.64. The Hall–Kier alpha value is -2.86. The van der Waals surface area contributed by atoms with Gasteiger partial charge in [-0.25, -0.2) is 9.59 Å². The first-order valence-electron chi connectivity index (χ1n) is 11.9. The number of carbonyl (C=O) groups excluding carboxylic acids is 1. The van der Waals surface area contributed by atoms with Crippen LogP contribution in [0.15, 0.2) is 48.5 Å². The fraction of sp³-hybridized carbons (Fsp3) is 0.481. The Morgan fingerprint density at radius 1 is 1.12 bits per heavy atom. The van der Waals surface area contributed by atoms with Crippen molar-refractivity contribution in [2.75, 3.05) is 33.8 Å². The number of likely N-dealkylation sites (tertiary alicyclic amines) is 1. The van der Waals surface area contributed by atoms with Crippen LogP contribution in [0.25, 0.3) is 11.1 Å². The Morgan fingerprint density at radius 3 is 2.27 bits per heavy atom. The first kappa shape index (κ1) is 23.3. The van der Waals surface area contributed by atoms with Crippen LogP contribution in [-0.4, -0.2) is 61.5 Å². The number of fused-ring (bicyclic) bond motifs is 3. The first-order chi connectivity index (χ1) is 15.8. The lowest BCUT2D eigenvalue weighted by molar-refractivity contribution is -0.903. The molecule has 1 amide bonds. The van der Waals surface area contributed by atoms with E-state index in [9.17, 15) is 14.7 Å². The number of nitrogens with one attached hydrogen (secondary N) is 1. The molecule has 2 aliphatic rings. The van der Waals surface area contributed by atoms with Crippen LogP contribution < -0.4 is 5.32 Å². The number of carboxylic acids is 1. The van der Waals surface area contributed by atoms with E-state index in [-0.39, 0.29) is 12.5 Å². The van der Waals surface area contributed by atoms with Crippen LogP contribution in [0, 0.1) is 5.41 Å². The lowest BCUT2D eigenvalue weighted by atomic mass is 9.70. The van der Waals surface area contributed by atoms with Crippen molar-refractivity contribution in [1.82, 2.24) is 5.32 Å². The second kappa shape index (κ2) is 9.18. The van der Waals surface area contributed by atoms with E-state index >= 15 is 0 Å². The zero-order valence-corrected chi connectivity index (χ0v) is 19.8. The highest BCUT2D eigenvalue weighted by Gasteiger charge is 2.50. The molecule has 4 rings (SSSR count). The van der Waals surface area contributed by atoms with Crippen LogP contribution in [0.3, 0.4) is 0 Å². The van der Waals surface area contributed by atoms with Gasteiger partial charge in [0.05, 0.1) is 32.6 Å². The third kappa shape index (κ3) is 4.62. The quantitative estimate of drug-likeness (QED) is 0.602. The Kier molecular flexibility index (Phi) is 6.48. The molecule has 0 unspecified atom stereocenters. The number of alkyl carbamates (subject to hydrolysis) is 1. The number of aliphatic carboxylic acids is 1. The second-order valence-corrected chi connectivity index (χ2v) is 10.3. The van der Waals surface area contributed by atoms with E-state index in [1.54, 1.807) is 0 Å². The monoisotopic (exact) mass is 451 g/mol. The van der Waals surface area contributed by atoms with Gasteiger partial charge in [-0.05, 0) is 41.5 Å². The Morgan fingerprint density at radius 2 is 1.73 bits per heavy atom. The van der Waals surface area contributed by atoms with Gasteiger partial charge >= 0.3 is 12.1 Å². The topological polar surface area (TPSA) is 75.6 Å². The number of piperidine rings is 1. The molecule has 2 aromatic carbocycles. The van der Waals surface area contributed by atoms with E-state index in [0.717, 1.165) is 65.5 Å². The van der Waals surface area contributed by atoms with Gasteiger partial charge in [0, 0.05) is 5.92 Å². The van der Waals surface area contributed by atoms with Gasteiger partial charge in [0.1, 0.15) is 12.6 Å². The number of benzene rings is 2. The van der Waals surface area contributed by atoms with Crippen molar-refractivity contribution in [3.05, 3.63) is 59.7 Å². The number of nitrogens with zero attached hydrogens (tertiary/aromatic N) is 1. The van der Waals surface area contributed by atoms with Crippen molar-refractivity contribution >= 4 is 12.1 Å². The number of quaternary nitrogens is 1. The number of carboxylic acid groups (broad SMARTS) is 1. The van der Waals surface area contributed by atoms with Crippen LogP contribution in [0.2, 0.25) is 0 Å². The van der Waals surface area contributed by atoms with Crippen molar-refractivity contribution in [1.29, 1.82) is 0 Å². The maximum atomic E-state index is 12.9. The minimum atomic E-state index is -0.987. The molecule has 0 aromatic heterocycles. The average molecular weight is 452 g/mol. The molecule has 0 spiro atoms. The highest BCUT2D eigenvalue weighted by Crippen LogP contribution is 2.44. The number of rotatable bonds is 7. The molecule has 0 radical (unpaired) electrons. The van der Waals surface area contributed by atoms with Crippen molar-refractivity contribution in [3.8, 4) is 11.1 Å². The van der Waals surface area contributed by atoms with Gasteiger partial charge in [0.25, 0.3) is 0 Å². The smallest absolute Gasteiger partial charge is 0.407 e. The molecule has 6 nitrogen and oxygen atoms in total. The fourth-order valence-corrected chi connectivity index (χ4v) is 6.19. The molecular formula is C27H35N2O4+. The number of carbonyl (C=O) groups is 2. The van der Waals surface area contributed by atoms with Crippen molar-refractivity contribution in [3.63, 3.8) is 0 Å². The average Bonchev–Trinajstić information content (AvgIpc) is 3.09. The van der Waals surface area contributed by atoms with Crippen LogP contribution in [0.4, 0.5) is 4.79 Å². The molecular weight excluding hydrogens is 416 g/mol. The summed E-state index contributed by atoms with van der Waals surface area (Å²) >= 11 is 0. The number of amides is 1. The summed E-state index contributed by atoms with van der Waals surface area (Å²) in [5.74, 6) is -1.04. The maximum Gasteiger partial charge on any atom is 0.407 e. The number of hydrogen-bond donors (Lipinski definition) is 2. The van der Waals surface area contributed by atoms with E-state index in [4.69, 9.17) is 4.74 Å². The van der Waals surface area contributed by atoms with Gasteiger partial charge in [-0.3, -0.25) is 0 Å². The van der Waals surface area contributed by atoms with E-state index < -0.39 is 23.5 Å². The summed E-state index contributed by atoms with van der Waals surface area (Å²) in [6.07, 6.45) is 2.72. The predicted molar refractivity (Wildman–Crippen MR) is 128 cm³/mol. The Balaban J connectivity index is 1.50. The fourth-order valence-electron chi connectivity index (χ4n) is 6.19. The SMILES string of the molecule is CCC[C@]1([C@H](NC(=O)OCC2c3ccccc3-c3ccccc32)C(=O)O)CCC[N+](C)(C)C1. The summed E-state index contributed by atoms with van der Waals surface area (Å²) in [6.45, 7) is 3.99. The highest BCUT2D eigenvalue weighted by molar-refractivity contribution is 5.81. The molecule has 1 aliphatic heterocycles. The van der Waals surface area contributed by atoms with Gasteiger partial charge in [-0.2, -0.15) is 0 Å². The first-order valence-corrected chi connectivity index (χ1v) is 11.9. The third-order valence-corrected chi connectivity index (χ3v) is 7.39. The minimum absolute atomic E-state index is 0.0543. The van der Waals surface area contributed by atoms with Crippen molar-refractivity contribution in [2.45, 2.75) is 44.6 Å². The number of ether oxygens (including phenoxy) is 1. The molecule has 33 heavy (non-hydrogen) atoms. The lowest BCUT2D eigenvalue weighted by Gasteiger charge is -2.48. The molecule has 0 saturated carbocycles. The van der Waals surface area contributed by atoms with E-state index in [1.165, 1.54) is 0 Å². The van der Waals surface area contributed by atoms with Gasteiger partial charge in [0.2, 0.25) is 0 Å². The van der Waals surface area contributed by atoms with Crippen LogP contribution in [0.5, 0.6) is 0 Å². The van der Waals surface area contributed by atoms with Crippen molar-refractivity contribution in [2.24, 2.45) is 5.41 Å². The summed E-state index contributed by atoms with van der Waals surface area (Å²) in [6, 6.07) is 15.4. The van der Waals surface area contributed by atoms with E-state index in [2.05, 4.69) is 50.6 Å². The largest absolute Gasteiger partial charge is 0.480 e. The molecule has 2 atom stereocenters. The van der Waals surface area contributed by atoms with E-state index in [0.29, 0.717) is 0 Å². The third-order valence-electron chi connectivity index (χ3n) is 7.39. The second-order valence-electron chi connectivity index (χ2n) is 10.3. The molecule has 1 heterocycles. The Bertz CT molecular complexity index is 985. The van der Waals surface area contributed by atoms with E-state index in [1.807, 2.05) is 24.3 Å². The molecule has 2 N–H and O–H groups in total. The summed E-state index contributed by atoms with van der Waals surface area (Å²) in [4.78, 5) is 25.2. The lowest BCUT2D eigenvalue weighted by Crippen LogP contribution is -2.62. The van der Waals surface area contributed by atoms with Gasteiger partial charge < -0.3 is 19.6 Å². The zero-order valence-electron chi connectivity index (χ0n) is 19.8. The van der Waals surface area contributed by atoms with Gasteiger partial charge in [0.15, 0.2) is 0 Å². The maximum absolute atomic E-state index is 12.9. The summed E-state index contributed by atoms with van der Waals surface area (Å²) in [5, 5.41) is 12.9. The van der Waals surface area contributed by atoms with Gasteiger partial charge in [-0.15, -0.1) is 0 Å². The molecule has 1 aliphatic carbocycles. The normalized spacial score (nSPS) is 22.2. The summed E-state index contributed by atoms with van der Waals surface area (Å²) < 4.78 is 6.43. The minimum Gasteiger partial charge on any atom is -0.480 e. The summed E-state index contributed by atoms with van der Waals surface area (Å²) in [7, 11) is 4.27. The zero-order chi connectivity index (χ0) is 23.6. The molecule has 176 valence electrons. The van der Waals surface area contributed by atoms with Crippen LogP contribution in [-0.2, 0) is 9.53 Å². The van der Waals surface area contributed by atoms with Gasteiger partial charge in [-0.1, -0.05) is 61.9 Å². The standard InChI is InChI=1S/C27H34N2O4/c1-4-14-27(15-9-16-29(2,3)18-27)24(25(30)31)28-26(32)33-17-23-21-12-7-5-10-19(21)20-11-6-8-13-22(20)23/h5-8,10-13,23-24H,4,9,14-18H2,1-3H3,(H-,28,30,31,32)/p+1/t24-,27+/m1/s1. The number of hydrogen-bond acceptors (Lipinski definition) is 3. The highest BCUT2D eigenvalue weighted by atomic mass is 16.5. The van der Waals surface area contributed by atoms with Crippen molar-refractivity contribution < 1.29 is 23.9 Å². The summed E-state index contributed by atoms with van der Waals surface area (Å²) in [5.41, 5.74) is 4.11. The molecule has 0 bridgehead atoms. The molecule has 6 heteroatoms. The van der Waals surface area contributed by atoms with Crippen LogP contribution >= 0.6 is 0 Å². The molecule has 1 saturated heterocycles. The molecule has 2 aromatic rings. The Labute approximate surface area is 196 Å². The van der Waals surface area contributed by atoms with Crippen LogP contribution in [0.1, 0.15) is 49.7 Å². The molecule has 1 fully saturated rings.